The summed E-state index contributed by atoms with van der Waals surface area (Å²) in [5, 5.41) is 2.52. The molecule has 4 radical (unpaired) electrons. The monoisotopic (exact) mass is 400 g/mol. The predicted octanol–water partition coefficient (Wildman–Crippen LogP) is 0.215. The molecule has 0 aromatic carbocycles. The SMILES string of the molecule is [B]C1CC(NP(=O)([O-])OCC2OC([B])CC2OC(C)C)C(COC(C)C)O1. The van der Waals surface area contributed by atoms with Crippen molar-refractivity contribution in [1.82, 2.24) is 5.09 Å². The second-order valence-corrected chi connectivity index (χ2v) is 9.04. The summed E-state index contributed by atoms with van der Waals surface area (Å²) < 4.78 is 39.8. The molecule has 0 amide bonds. The maximum absolute atomic E-state index is 12.4. The summed E-state index contributed by atoms with van der Waals surface area (Å²) in [6.45, 7) is 7.64. The van der Waals surface area contributed by atoms with Crippen molar-refractivity contribution in [2.45, 2.75) is 89.1 Å². The van der Waals surface area contributed by atoms with Crippen LogP contribution >= 0.6 is 7.75 Å². The molecular weight excluding hydrogens is 371 g/mol. The van der Waals surface area contributed by atoms with Crippen LogP contribution in [0.25, 0.3) is 0 Å². The molecule has 0 aromatic heterocycles. The topological polar surface area (TPSA) is 98.3 Å². The van der Waals surface area contributed by atoms with E-state index < -0.39 is 38.0 Å². The molecule has 152 valence electrons. The Kier molecular flexibility index (Phi) is 8.84. The van der Waals surface area contributed by atoms with Crippen LogP contribution in [-0.2, 0) is 28.0 Å². The first-order valence-electron chi connectivity index (χ1n) is 9.38. The normalized spacial score (nSPS) is 36.6. The Hall–Kier alpha value is 0.0799. The van der Waals surface area contributed by atoms with Crippen molar-refractivity contribution in [1.29, 1.82) is 0 Å². The number of nitrogens with one attached hydrogen (secondary N) is 1. The lowest BCUT2D eigenvalue weighted by atomic mass is 9.95. The molecule has 0 aliphatic carbocycles. The summed E-state index contributed by atoms with van der Waals surface area (Å²) in [5.41, 5.74) is 0. The fraction of sp³-hybridized carbons (Fsp3) is 1.00. The zero-order valence-electron chi connectivity index (χ0n) is 16.4. The molecule has 11 heteroatoms. The summed E-state index contributed by atoms with van der Waals surface area (Å²) in [7, 11) is 7.23. The number of hydrogen-bond donors (Lipinski definition) is 1. The number of rotatable bonds is 10. The highest BCUT2D eigenvalue weighted by molar-refractivity contribution is 7.49. The summed E-state index contributed by atoms with van der Waals surface area (Å²) in [6.07, 6.45) is -0.523. The summed E-state index contributed by atoms with van der Waals surface area (Å²) >= 11 is 0. The number of ether oxygens (including phenoxy) is 4. The Balaban J connectivity index is 1.87. The summed E-state index contributed by atoms with van der Waals surface area (Å²) in [5.74, 6) is 0. The molecule has 8 nitrogen and oxygen atoms in total. The van der Waals surface area contributed by atoms with E-state index in [-0.39, 0.29) is 31.5 Å². The van der Waals surface area contributed by atoms with Crippen molar-refractivity contribution in [2.24, 2.45) is 0 Å². The van der Waals surface area contributed by atoms with Crippen LogP contribution in [0, 0.1) is 0 Å². The van der Waals surface area contributed by atoms with Crippen LogP contribution < -0.4 is 9.98 Å². The minimum absolute atomic E-state index is 0.00277. The van der Waals surface area contributed by atoms with Crippen molar-refractivity contribution in [2.75, 3.05) is 13.2 Å². The molecule has 7 atom stereocenters. The van der Waals surface area contributed by atoms with E-state index in [0.717, 1.165) is 0 Å². The predicted molar refractivity (Wildman–Crippen MR) is 99.6 cm³/mol. The van der Waals surface area contributed by atoms with Crippen LogP contribution in [0.3, 0.4) is 0 Å². The molecular formula is C16H29B2NO7P-. The van der Waals surface area contributed by atoms with Gasteiger partial charge in [-0.15, -0.1) is 0 Å². The van der Waals surface area contributed by atoms with E-state index in [2.05, 4.69) is 5.09 Å². The van der Waals surface area contributed by atoms with Gasteiger partial charge in [-0.25, -0.2) is 0 Å². The molecule has 2 aliphatic rings. The van der Waals surface area contributed by atoms with Crippen molar-refractivity contribution in [3.63, 3.8) is 0 Å². The highest BCUT2D eigenvalue weighted by Crippen LogP contribution is 2.37. The third-order valence-electron chi connectivity index (χ3n) is 4.29. The molecule has 0 aromatic rings. The van der Waals surface area contributed by atoms with E-state index in [0.29, 0.717) is 12.8 Å². The van der Waals surface area contributed by atoms with Gasteiger partial charge < -0.3 is 28.4 Å². The molecule has 2 saturated heterocycles. The Bertz CT molecular complexity index is 513. The Morgan fingerprint density at radius 1 is 1.07 bits per heavy atom. The van der Waals surface area contributed by atoms with Crippen LogP contribution in [0.4, 0.5) is 0 Å². The zero-order valence-corrected chi connectivity index (χ0v) is 17.3. The number of hydrogen-bond acceptors (Lipinski definition) is 7. The second kappa shape index (κ2) is 10.2. The Labute approximate surface area is 164 Å². The molecule has 2 heterocycles. The second-order valence-electron chi connectivity index (χ2n) is 7.53. The maximum Gasteiger partial charge on any atom is 0.204 e. The largest absolute Gasteiger partial charge is 0.766 e. The standard InChI is InChI=1S/C16H30B2NO7P/c1-9(2)22-7-13-11(5-15(17)25-13)19-27(20,21)23-8-14-12(24-10(3)4)6-16(18)26-14/h9-16H,5-8H2,1-4H3,(H2,19,20,21)/p-1. The molecule has 2 rings (SSSR count). The van der Waals surface area contributed by atoms with Gasteiger partial charge in [-0.05, 0) is 40.5 Å². The summed E-state index contributed by atoms with van der Waals surface area (Å²) in [6, 6.07) is -1.57. The molecule has 27 heavy (non-hydrogen) atoms. The summed E-state index contributed by atoms with van der Waals surface area (Å²) in [4.78, 5) is 12.4. The fourth-order valence-electron chi connectivity index (χ4n) is 3.16. The van der Waals surface area contributed by atoms with Crippen molar-refractivity contribution >= 4 is 23.4 Å². The van der Waals surface area contributed by atoms with E-state index in [1.165, 1.54) is 0 Å². The minimum atomic E-state index is -4.35. The van der Waals surface area contributed by atoms with Crippen LogP contribution in [0.15, 0.2) is 0 Å². The van der Waals surface area contributed by atoms with Gasteiger partial charge in [0, 0.05) is 18.0 Å². The van der Waals surface area contributed by atoms with Gasteiger partial charge >= 0.3 is 0 Å². The molecule has 0 saturated carbocycles. The van der Waals surface area contributed by atoms with E-state index in [4.69, 9.17) is 39.2 Å². The lowest BCUT2D eigenvalue weighted by Gasteiger charge is -2.31. The Morgan fingerprint density at radius 2 is 1.70 bits per heavy atom. The minimum Gasteiger partial charge on any atom is -0.766 e. The quantitative estimate of drug-likeness (QED) is 0.411. The molecule has 0 bridgehead atoms. The van der Waals surface area contributed by atoms with Gasteiger partial charge in [-0.2, -0.15) is 0 Å². The molecule has 1 N–H and O–H groups in total. The lowest BCUT2D eigenvalue weighted by Crippen LogP contribution is -2.41. The van der Waals surface area contributed by atoms with Crippen LogP contribution in [-0.4, -0.2) is 77.5 Å². The van der Waals surface area contributed by atoms with Gasteiger partial charge in [0.25, 0.3) is 0 Å². The third-order valence-corrected chi connectivity index (χ3v) is 5.42. The van der Waals surface area contributed by atoms with Crippen molar-refractivity contribution < 1.29 is 32.9 Å². The average Bonchev–Trinajstić information content (AvgIpc) is 3.04. The lowest BCUT2D eigenvalue weighted by molar-refractivity contribution is -0.206. The van der Waals surface area contributed by atoms with Gasteiger partial charge in [0.1, 0.15) is 21.8 Å². The first-order chi connectivity index (χ1) is 12.6. The van der Waals surface area contributed by atoms with Crippen molar-refractivity contribution in [3.05, 3.63) is 0 Å². The molecule has 0 spiro atoms. The highest BCUT2D eigenvalue weighted by atomic mass is 31.2. The molecule has 2 aliphatic heterocycles. The molecule has 7 unspecified atom stereocenters. The molecule has 2 fully saturated rings. The van der Waals surface area contributed by atoms with Crippen LogP contribution in [0.2, 0.25) is 0 Å². The van der Waals surface area contributed by atoms with Crippen molar-refractivity contribution in [3.8, 4) is 0 Å². The van der Waals surface area contributed by atoms with Gasteiger partial charge in [0.15, 0.2) is 0 Å². The van der Waals surface area contributed by atoms with Gasteiger partial charge in [0.05, 0.1) is 37.6 Å². The first kappa shape index (κ1) is 23.4. The third kappa shape index (κ3) is 7.78. The maximum atomic E-state index is 12.4. The Morgan fingerprint density at radius 3 is 2.33 bits per heavy atom. The fourth-order valence-corrected chi connectivity index (χ4v) is 4.25. The van der Waals surface area contributed by atoms with E-state index >= 15 is 0 Å². The van der Waals surface area contributed by atoms with Crippen LogP contribution in [0.5, 0.6) is 0 Å². The zero-order chi connectivity index (χ0) is 20.2. The smallest absolute Gasteiger partial charge is 0.204 e. The van der Waals surface area contributed by atoms with Gasteiger partial charge in [-0.1, -0.05) is 0 Å². The van der Waals surface area contributed by atoms with Crippen LogP contribution in [0.1, 0.15) is 40.5 Å². The van der Waals surface area contributed by atoms with E-state index in [1.54, 1.807) is 0 Å². The van der Waals surface area contributed by atoms with Gasteiger partial charge in [-0.3, -0.25) is 9.65 Å². The average molecular weight is 400 g/mol. The van der Waals surface area contributed by atoms with E-state index in [1.807, 2.05) is 27.7 Å². The first-order valence-corrected chi connectivity index (χ1v) is 10.9. The highest BCUT2D eigenvalue weighted by Gasteiger charge is 2.37. The van der Waals surface area contributed by atoms with E-state index in [9.17, 15) is 9.46 Å². The van der Waals surface area contributed by atoms with Gasteiger partial charge in [0.2, 0.25) is 7.75 Å².